The third-order valence-corrected chi connectivity index (χ3v) is 4.73. The molecular weight excluding hydrogens is 420 g/mol. The van der Waals surface area contributed by atoms with Gasteiger partial charge in [0.2, 0.25) is 0 Å². The zero-order chi connectivity index (χ0) is 15.7. The first-order chi connectivity index (χ1) is 9.90. The molecule has 4 nitrogen and oxygen atoms in total. The van der Waals surface area contributed by atoms with Gasteiger partial charge in [-0.3, -0.25) is 9.69 Å². The Morgan fingerprint density at radius 2 is 2.05 bits per heavy atom. The maximum Gasteiger partial charge on any atom is 0.276 e. The van der Waals surface area contributed by atoms with E-state index in [0.29, 0.717) is 23.1 Å². The van der Waals surface area contributed by atoms with Gasteiger partial charge in [0.15, 0.2) is 5.11 Å². The van der Waals surface area contributed by atoms with Crippen LogP contribution in [0.25, 0.3) is 6.08 Å². The topological polar surface area (TPSA) is 32.8 Å². The predicted molar refractivity (Wildman–Crippen MR) is 94.1 cm³/mol. The Bertz CT molecular complexity index is 646. The Morgan fingerprint density at radius 1 is 1.38 bits per heavy atom. The summed E-state index contributed by atoms with van der Waals surface area (Å²) in [6, 6.07) is 3.79. The fourth-order valence-electron chi connectivity index (χ4n) is 2.14. The fourth-order valence-corrected chi connectivity index (χ4v) is 3.87. The molecule has 0 radical (unpaired) electrons. The van der Waals surface area contributed by atoms with Crippen molar-refractivity contribution in [1.29, 1.82) is 0 Å². The van der Waals surface area contributed by atoms with Crippen molar-refractivity contribution in [1.82, 2.24) is 9.80 Å². The molecular formula is C14H14Br2N2O2S. The van der Waals surface area contributed by atoms with Crippen LogP contribution in [0.4, 0.5) is 0 Å². The highest BCUT2D eigenvalue weighted by molar-refractivity contribution is 9.11. The summed E-state index contributed by atoms with van der Waals surface area (Å²) in [7, 11) is 3.39. The Labute approximate surface area is 146 Å². The van der Waals surface area contributed by atoms with Crippen LogP contribution in [-0.4, -0.2) is 41.5 Å². The molecule has 0 atom stereocenters. The van der Waals surface area contributed by atoms with Crippen LogP contribution in [0.3, 0.4) is 0 Å². The molecule has 0 unspecified atom stereocenters. The van der Waals surface area contributed by atoms with Crippen LogP contribution >= 0.6 is 44.1 Å². The molecule has 0 N–H and O–H groups in total. The molecule has 1 aliphatic rings. The number of benzene rings is 1. The summed E-state index contributed by atoms with van der Waals surface area (Å²) in [5, 5.41) is 0.516. The second-order valence-electron chi connectivity index (χ2n) is 4.43. The van der Waals surface area contributed by atoms with Crippen LogP contribution in [0.15, 0.2) is 26.8 Å². The van der Waals surface area contributed by atoms with Gasteiger partial charge < -0.3 is 9.64 Å². The summed E-state index contributed by atoms with van der Waals surface area (Å²) in [6.07, 6.45) is 1.79. The normalized spacial score (nSPS) is 17.1. The van der Waals surface area contributed by atoms with Crippen LogP contribution < -0.4 is 4.74 Å². The summed E-state index contributed by atoms with van der Waals surface area (Å²) in [4.78, 5) is 15.7. The number of hydrogen-bond donors (Lipinski definition) is 0. The molecule has 2 rings (SSSR count). The maximum atomic E-state index is 12.4. The first kappa shape index (κ1) is 16.5. The van der Waals surface area contributed by atoms with Gasteiger partial charge in [-0.25, -0.2) is 0 Å². The molecule has 1 aliphatic heterocycles. The lowest BCUT2D eigenvalue weighted by atomic mass is 10.1. The number of carbonyl (C=O) groups is 1. The lowest BCUT2D eigenvalue weighted by Gasteiger charge is -2.14. The Kier molecular flexibility index (Phi) is 5.06. The lowest BCUT2D eigenvalue weighted by Crippen LogP contribution is -2.30. The standard InChI is InChI=1S/C14H14Br2N2O2S/c1-4-18-13(19)11(17(2)14(18)21)6-8-5-9(15)7-10(16)12(8)20-3/h5-7H,4H2,1-3H3/b11-6-. The average Bonchev–Trinajstić information content (AvgIpc) is 2.62. The van der Waals surface area contributed by atoms with Crippen molar-refractivity contribution in [2.24, 2.45) is 0 Å². The molecule has 1 aromatic carbocycles. The van der Waals surface area contributed by atoms with Crippen molar-refractivity contribution < 1.29 is 9.53 Å². The smallest absolute Gasteiger partial charge is 0.276 e. The summed E-state index contributed by atoms with van der Waals surface area (Å²) in [5.41, 5.74) is 1.33. The van der Waals surface area contributed by atoms with Crippen molar-refractivity contribution in [2.45, 2.75) is 6.92 Å². The quantitative estimate of drug-likeness (QED) is 0.538. The molecule has 1 aromatic rings. The Morgan fingerprint density at radius 3 is 2.57 bits per heavy atom. The van der Waals surface area contributed by atoms with E-state index in [-0.39, 0.29) is 5.91 Å². The van der Waals surface area contributed by atoms with E-state index < -0.39 is 0 Å². The van der Waals surface area contributed by atoms with Gasteiger partial charge in [0.1, 0.15) is 11.4 Å². The first-order valence-electron chi connectivity index (χ1n) is 6.25. The molecule has 7 heteroatoms. The van der Waals surface area contributed by atoms with E-state index in [1.807, 2.05) is 19.1 Å². The van der Waals surface area contributed by atoms with E-state index in [0.717, 1.165) is 14.5 Å². The monoisotopic (exact) mass is 432 g/mol. The minimum atomic E-state index is -0.0943. The molecule has 21 heavy (non-hydrogen) atoms. The highest BCUT2D eigenvalue weighted by Crippen LogP contribution is 2.35. The molecule has 1 amide bonds. The van der Waals surface area contributed by atoms with Crippen LogP contribution in [-0.2, 0) is 4.79 Å². The number of hydrogen-bond acceptors (Lipinski definition) is 3. The van der Waals surface area contributed by atoms with Gasteiger partial charge in [-0.05, 0) is 53.3 Å². The van der Waals surface area contributed by atoms with Gasteiger partial charge >= 0.3 is 0 Å². The number of thiocarbonyl (C=S) groups is 1. The van der Waals surface area contributed by atoms with E-state index in [1.165, 1.54) is 0 Å². The number of carbonyl (C=O) groups excluding carboxylic acids is 1. The Balaban J connectivity index is 2.54. The summed E-state index contributed by atoms with van der Waals surface area (Å²) in [6.45, 7) is 2.45. The number of likely N-dealkylation sites (N-methyl/N-ethyl adjacent to an activating group) is 2. The van der Waals surface area contributed by atoms with Crippen molar-refractivity contribution in [3.8, 4) is 5.75 Å². The van der Waals surface area contributed by atoms with Crippen LogP contribution in [0.1, 0.15) is 12.5 Å². The maximum absolute atomic E-state index is 12.4. The molecule has 0 saturated carbocycles. The zero-order valence-electron chi connectivity index (χ0n) is 11.8. The first-order valence-corrected chi connectivity index (χ1v) is 8.24. The summed E-state index contributed by atoms with van der Waals surface area (Å²) >= 11 is 12.2. The summed E-state index contributed by atoms with van der Waals surface area (Å²) < 4.78 is 7.11. The van der Waals surface area contributed by atoms with Crippen molar-refractivity contribution in [3.63, 3.8) is 0 Å². The number of methoxy groups -OCH3 is 1. The summed E-state index contributed by atoms with van der Waals surface area (Å²) in [5.74, 6) is 0.580. The minimum absolute atomic E-state index is 0.0943. The molecule has 0 bridgehead atoms. The molecule has 0 aromatic heterocycles. The van der Waals surface area contributed by atoms with E-state index in [4.69, 9.17) is 17.0 Å². The lowest BCUT2D eigenvalue weighted by molar-refractivity contribution is -0.122. The van der Waals surface area contributed by atoms with Gasteiger partial charge in [0.05, 0.1) is 11.6 Å². The third kappa shape index (κ3) is 3.00. The van der Waals surface area contributed by atoms with Gasteiger partial charge in [0, 0.05) is 23.6 Å². The molecule has 1 fully saturated rings. The number of rotatable bonds is 3. The number of nitrogens with zero attached hydrogens (tertiary/aromatic N) is 2. The van der Waals surface area contributed by atoms with Crippen molar-refractivity contribution >= 4 is 61.2 Å². The molecule has 112 valence electrons. The van der Waals surface area contributed by atoms with Gasteiger partial charge in [-0.15, -0.1) is 0 Å². The van der Waals surface area contributed by atoms with E-state index in [1.54, 1.807) is 30.0 Å². The van der Waals surface area contributed by atoms with E-state index in [2.05, 4.69) is 31.9 Å². The van der Waals surface area contributed by atoms with Crippen LogP contribution in [0, 0.1) is 0 Å². The van der Waals surface area contributed by atoms with E-state index >= 15 is 0 Å². The molecule has 0 spiro atoms. The van der Waals surface area contributed by atoms with Crippen LogP contribution in [0.5, 0.6) is 5.75 Å². The van der Waals surface area contributed by atoms with Crippen molar-refractivity contribution in [2.75, 3.05) is 20.7 Å². The number of halogens is 2. The largest absolute Gasteiger partial charge is 0.495 e. The zero-order valence-corrected chi connectivity index (χ0v) is 15.8. The third-order valence-electron chi connectivity index (χ3n) is 3.19. The van der Waals surface area contributed by atoms with Crippen LogP contribution in [0.2, 0.25) is 0 Å². The fraction of sp³-hybridized carbons (Fsp3) is 0.286. The number of ether oxygens (including phenoxy) is 1. The Hall–Kier alpha value is -0.920. The predicted octanol–water partition coefficient (Wildman–Crippen LogP) is 3.64. The van der Waals surface area contributed by atoms with Crippen molar-refractivity contribution in [3.05, 3.63) is 32.3 Å². The average molecular weight is 434 g/mol. The highest BCUT2D eigenvalue weighted by Gasteiger charge is 2.34. The van der Waals surface area contributed by atoms with Gasteiger partial charge in [-0.1, -0.05) is 15.9 Å². The number of amides is 1. The highest BCUT2D eigenvalue weighted by atomic mass is 79.9. The molecule has 1 heterocycles. The second-order valence-corrected chi connectivity index (χ2v) is 6.57. The second kappa shape index (κ2) is 6.46. The minimum Gasteiger partial charge on any atom is -0.495 e. The van der Waals surface area contributed by atoms with E-state index in [9.17, 15) is 4.79 Å². The SMILES string of the molecule is CCN1C(=O)/C(=C/c2cc(Br)cc(Br)c2OC)N(C)C1=S. The van der Waals surface area contributed by atoms with Gasteiger partial charge in [0.25, 0.3) is 5.91 Å². The van der Waals surface area contributed by atoms with Gasteiger partial charge in [-0.2, -0.15) is 0 Å². The molecule has 1 saturated heterocycles. The molecule has 0 aliphatic carbocycles.